The van der Waals surface area contributed by atoms with Crippen molar-refractivity contribution in [3.63, 3.8) is 0 Å². The largest absolute Gasteiger partial charge is 0.497 e. The number of carbonyl (C=O) groups excluding carboxylic acids is 2. The number of ether oxygens (including phenoxy) is 3. The smallest absolute Gasteiger partial charge is 0.248 e. The summed E-state index contributed by atoms with van der Waals surface area (Å²) in [5.74, 6) is 1.49. The summed E-state index contributed by atoms with van der Waals surface area (Å²) in [4.78, 5) is 24.6. The van der Waals surface area contributed by atoms with Crippen LogP contribution in [0.3, 0.4) is 0 Å². The molecule has 0 aromatic heterocycles. The molecule has 0 aliphatic carbocycles. The fourth-order valence-corrected chi connectivity index (χ4v) is 3.04. The van der Waals surface area contributed by atoms with Gasteiger partial charge in [0.1, 0.15) is 22.8 Å². The monoisotopic (exact) mass is 381 g/mol. The number of methoxy groups -OCH3 is 2. The third kappa shape index (κ3) is 4.34. The summed E-state index contributed by atoms with van der Waals surface area (Å²) in [6.45, 7) is 3.75. The number of hydrogen-bond acceptors (Lipinski definition) is 5. The molecule has 0 spiro atoms. The van der Waals surface area contributed by atoms with E-state index in [-0.39, 0.29) is 11.7 Å². The second-order valence-electron chi connectivity index (χ2n) is 7.10. The van der Waals surface area contributed by atoms with E-state index in [2.05, 4.69) is 5.32 Å². The molecule has 1 aliphatic rings. The maximum atomic E-state index is 12.3. The van der Waals surface area contributed by atoms with Gasteiger partial charge in [0.25, 0.3) is 0 Å². The highest BCUT2D eigenvalue weighted by Gasteiger charge is 2.32. The van der Waals surface area contributed by atoms with Crippen LogP contribution in [0.1, 0.15) is 36.2 Å². The van der Waals surface area contributed by atoms with Gasteiger partial charge in [-0.3, -0.25) is 9.59 Å². The third-order valence-electron chi connectivity index (χ3n) is 4.37. The SMILES string of the molecule is COc1ccc(/C=C/C(=O)Nc2ccc3c(c2)C(=O)CC(C)(C)O3)c(OC)c1. The Kier molecular flexibility index (Phi) is 5.40. The first kappa shape index (κ1) is 19.5. The minimum absolute atomic E-state index is 0.000797. The highest BCUT2D eigenvalue weighted by molar-refractivity contribution is 6.05. The van der Waals surface area contributed by atoms with E-state index in [9.17, 15) is 9.59 Å². The van der Waals surface area contributed by atoms with Crippen molar-refractivity contribution < 1.29 is 23.8 Å². The van der Waals surface area contributed by atoms with Crippen molar-refractivity contribution in [3.05, 3.63) is 53.6 Å². The molecule has 2 aromatic rings. The number of amides is 1. The summed E-state index contributed by atoms with van der Waals surface area (Å²) < 4.78 is 16.3. The number of carbonyl (C=O) groups is 2. The molecule has 1 heterocycles. The number of rotatable bonds is 5. The van der Waals surface area contributed by atoms with Crippen molar-refractivity contribution in [3.8, 4) is 17.2 Å². The average Bonchev–Trinajstić information content (AvgIpc) is 2.66. The number of hydrogen-bond donors (Lipinski definition) is 1. The van der Waals surface area contributed by atoms with Gasteiger partial charge in [0.05, 0.1) is 26.2 Å². The first-order valence-corrected chi connectivity index (χ1v) is 8.89. The molecule has 1 N–H and O–H groups in total. The van der Waals surface area contributed by atoms with Gasteiger partial charge >= 0.3 is 0 Å². The van der Waals surface area contributed by atoms with Crippen molar-refractivity contribution in [1.29, 1.82) is 0 Å². The Balaban J connectivity index is 1.73. The lowest BCUT2D eigenvalue weighted by molar-refractivity contribution is -0.111. The van der Waals surface area contributed by atoms with E-state index in [0.717, 1.165) is 5.56 Å². The molecular formula is C22H23NO5. The molecule has 28 heavy (non-hydrogen) atoms. The van der Waals surface area contributed by atoms with Crippen LogP contribution in [0.15, 0.2) is 42.5 Å². The highest BCUT2D eigenvalue weighted by atomic mass is 16.5. The Morgan fingerprint density at radius 1 is 1.14 bits per heavy atom. The number of benzene rings is 2. The Labute approximate surface area is 164 Å². The lowest BCUT2D eigenvalue weighted by Gasteiger charge is -2.31. The first-order chi connectivity index (χ1) is 13.3. The van der Waals surface area contributed by atoms with Crippen molar-refractivity contribution in [2.75, 3.05) is 19.5 Å². The summed E-state index contributed by atoms with van der Waals surface area (Å²) in [6, 6.07) is 10.4. The second kappa shape index (κ2) is 7.76. The van der Waals surface area contributed by atoms with Gasteiger partial charge < -0.3 is 19.5 Å². The Morgan fingerprint density at radius 3 is 2.64 bits per heavy atom. The Morgan fingerprint density at radius 2 is 1.93 bits per heavy atom. The second-order valence-corrected chi connectivity index (χ2v) is 7.10. The first-order valence-electron chi connectivity index (χ1n) is 8.89. The van der Waals surface area contributed by atoms with E-state index in [0.29, 0.717) is 34.9 Å². The molecule has 6 heteroatoms. The zero-order valence-corrected chi connectivity index (χ0v) is 16.4. The van der Waals surface area contributed by atoms with Crippen LogP contribution in [0.4, 0.5) is 5.69 Å². The molecule has 2 aromatic carbocycles. The van der Waals surface area contributed by atoms with Crippen molar-refractivity contribution in [2.24, 2.45) is 0 Å². The van der Waals surface area contributed by atoms with Crippen molar-refractivity contribution in [2.45, 2.75) is 25.9 Å². The molecule has 0 unspecified atom stereocenters. The van der Waals surface area contributed by atoms with Gasteiger partial charge in [-0.1, -0.05) is 0 Å². The van der Waals surface area contributed by atoms with Gasteiger partial charge in [-0.2, -0.15) is 0 Å². The van der Waals surface area contributed by atoms with Gasteiger partial charge in [-0.25, -0.2) is 0 Å². The van der Waals surface area contributed by atoms with Crippen LogP contribution in [0.25, 0.3) is 6.08 Å². The fourth-order valence-electron chi connectivity index (χ4n) is 3.04. The van der Waals surface area contributed by atoms with E-state index < -0.39 is 5.60 Å². The van der Waals surface area contributed by atoms with E-state index in [1.807, 2.05) is 13.8 Å². The lowest BCUT2D eigenvalue weighted by atomic mass is 9.93. The van der Waals surface area contributed by atoms with Crippen molar-refractivity contribution >= 4 is 23.5 Å². The molecule has 6 nitrogen and oxygen atoms in total. The van der Waals surface area contributed by atoms with Gasteiger partial charge in [0.2, 0.25) is 5.91 Å². The molecule has 146 valence electrons. The zero-order chi connectivity index (χ0) is 20.3. The average molecular weight is 381 g/mol. The van der Waals surface area contributed by atoms with Crippen molar-refractivity contribution in [1.82, 2.24) is 0 Å². The minimum Gasteiger partial charge on any atom is -0.497 e. The molecule has 0 bridgehead atoms. The fraction of sp³-hybridized carbons (Fsp3) is 0.273. The van der Waals surface area contributed by atoms with Crippen LogP contribution in [-0.2, 0) is 4.79 Å². The van der Waals surface area contributed by atoms with Crippen LogP contribution < -0.4 is 19.5 Å². The molecular weight excluding hydrogens is 358 g/mol. The normalized spacial score (nSPS) is 14.9. The molecule has 0 fully saturated rings. The van der Waals surface area contributed by atoms with E-state index in [4.69, 9.17) is 14.2 Å². The quantitative estimate of drug-likeness (QED) is 0.790. The van der Waals surface area contributed by atoms with Gasteiger partial charge in [-0.15, -0.1) is 0 Å². The lowest BCUT2D eigenvalue weighted by Crippen LogP contribution is -2.35. The molecule has 1 aliphatic heterocycles. The van der Waals surface area contributed by atoms with Crippen LogP contribution in [0.2, 0.25) is 0 Å². The minimum atomic E-state index is -0.519. The highest BCUT2D eigenvalue weighted by Crippen LogP contribution is 2.34. The van der Waals surface area contributed by atoms with Crippen LogP contribution in [0.5, 0.6) is 17.2 Å². The van der Waals surface area contributed by atoms with Crippen LogP contribution in [0, 0.1) is 0 Å². The molecule has 0 radical (unpaired) electrons. The molecule has 0 saturated carbocycles. The summed E-state index contributed by atoms with van der Waals surface area (Å²) in [6.07, 6.45) is 3.36. The summed E-state index contributed by atoms with van der Waals surface area (Å²) in [7, 11) is 3.13. The van der Waals surface area contributed by atoms with Gasteiger partial charge in [0, 0.05) is 23.4 Å². The van der Waals surface area contributed by atoms with E-state index in [1.165, 1.54) is 6.08 Å². The number of anilines is 1. The molecule has 1 amide bonds. The Bertz CT molecular complexity index is 946. The predicted molar refractivity (Wildman–Crippen MR) is 107 cm³/mol. The summed E-state index contributed by atoms with van der Waals surface area (Å²) in [5, 5.41) is 2.76. The number of fused-ring (bicyclic) bond motifs is 1. The molecule has 3 rings (SSSR count). The maximum Gasteiger partial charge on any atom is 0.248 e. The van der Waals surface area contributed by atoms with Crippen LogP contribution >= 0.6 is 0 Å². The predicted octanol–water partition coefficient (Wildman–Crippen LogP) is 4.10. The van der Waals surface area contributed by atoms with Crippen LogP contribution in [-0.4, -0.2) is 31.5 Å². The summed E-state index contributed by atoms with van der Waals surface area (Å²) in [5.41, 5.74) is 1.24. The molecule has 0 atom stereocenters. The van der Waals surface area contributed by atoms with E-state index >= 15 is 0 Å². The Hall–Kier alpha value is -3.28. The maximum absolute atomic E-state index is 12.3. The molecule has 0 saturated heterocycles. The van der Waals surface area contributed by atoms with E-state index in [1.54, 1.807) is 56.7 Å². The van der Waals surface area contributed by atoms with Gasteiger partial charge in [-0.05, 0) is 50.3 Å². The van der Waals surface area contributed by atoms with Gasteiger partial charge in [0.15, 0.2) is 5.78 Å². The standard InChI is InChI=1S/C22H23NO5/c1-22(2)13-18(24)17-11-15(7-9-19(17)28-22)23-21(25)10-6-14-5-8-16(26-3)12-20(14)27-4/h5-12H,13H2,1-4H3,(H,23,25)/b10-6+. The zero-order valence-electron chi connectivity index (χ0n) is 16.4. The number of Topliss-reactive ketones (excluding diaryl/α,β-unsaturated/α-hetero) is 1. The third-order valence-corrected chi connectivity index (χ3v) is 4.37. The number of ketones is 1. The topological polar surface area (TPSA) is 73.9 Å². The number of nitrogens with one attached hydrogen (secondary N) is 1. The summed E-state index contributed by atoms with van der Waals surface area (Å²) >= 11 is 0.